The number of benzene rings is 4. The maximum absolute atomic E-state index is 14.3. The molecule has 0 aliphatic rings. The van der Waals surface area contributed by atoms with Crippen LogP contribution < -0.4 is 40.9 Å². The van der Waals surface area contributed by atoms with Gasteiger partial charge in [0, 0.05) is 39.3 Å². The first kappa shape index (κ1) is 97.4. The summed E-state index contributed by atoms with van der Waals surface area (Å²) in [5.74, 6) is 0.189. The van der Waals surface area contributed by atoms with E-state index in [-0.39, 0.29) is 110 Å². The van der Waals surface area contributed by atoms with Gasteiger partial charge in [0.15, 0.2) is 0 Å². The van der Waals surface area contributed by atoms with Crippen molar-refractivity contribution in [2.45, 2.75) is 341 Å². The van der Waals surface area contributed by atoms with Crippen LogP contribution in [0, 0.1) is 0 Å². The van der Waals surface area contributed by atoms with Crippen molar-refractivity contribution in [3.63, 3.8) is 0 Å². The van der Waals surface area contributed by atoms with E-state index >= 15 is 0 Å². The molecule has 0 aromatic heterocycles. The Balaban J connectivity index is -0.00000342. The van der Waals surface area contributed by atoms with E-state index in [4.69, 9.17) is 9.47 Å². The van der Waals surface area contributed by atoms with E-state index in [1.807, 2.05) is 0 Å². The van der Waals surface area contributed by atoms with E-state index in [2.05, 4.69) is 225 Å². The summed E-state index contributed by atoms with van der Waals surface area (Å²) >= 11 is 0. The number of ether oxygens (including phenoxy) is 2. The molecule has 12 nitrogen and oxygen atoms in total. The third kappa shape index (κ3) is 40.0. The van der Waals surface area contributed by atoms with Crippen LogP contribution in [0.5, 0.6) is 23.0 Å². The first-order valence-electron chi connectivity index (χ1n) is 34.2. The van der Waals surface area contributed by atoms with Gasteiger partial charge in [-0.15, -0.1) is 45.4 Å². The molecule has 4 aromatic carbocycles. The summed E-state index contributed by atoms with van der Waals surface area (Å²) in [6, 6.07) is 16.6. The van der Waals surface area contributed by atoms with Crippen molar-refractivity contribution in [1.29, 1.82) is 0 Å². The molecule has 4 rings (SSSR count). The first-order valence-corrected chi connectivity index (χ1v) is 34.2. The third-order valence-corrected chi connectivity index (χ3v) is 14.4. The van der Waals surface area contributed by atoms with Crippen LogP contribution in [0.15, 0.2) is 48.5 Å². The molecule has 0 atom stereocenters. The SMILES string of the molecule is CC(C)(C)[O-].CC(C)(C)[O-].CC(C)(C)[O-].CC(C)(C)[O-].CC(C)(C)c1cc(CN(CCOCCOCCN(Cc2cc(C(C)(C)C)cc(C(C)(C)C)c2[O-])Cc2cc(C(C)(C)C)cc(C(C)(C)C)c2[O-])Cc2cc(C(C)(C)C)cc(C(C)(C)C)c2[O-])c([O-])c(C(C)(C)C)c1.[Ti+4].[Ti+4]. The number of hydrogen-bond donors (Lipinski definition) is 0. The summed E-state index contributed by atoms with van der Waals surface area (Å²) < 4.78 is 12.6. The zero-order valence-electron chi connectivity index (χ0n) is 67.7. The Morgan fingerprint density at radius 2 is 0.396 bits per heavy atom. The molecule has 0 aliphatic heterocycles. The first-order chi connectivity index (χ1) is 41.4. The molecule has 0 saturated heterocycles. The van der Waals surface area contributed by atoms with Gasteiger partial charge in [-0.1, -0.05) is 298 Å². The van der Waals surface area contributed by atoms with Gasteiger partial charge in [-0.3, -0.25) is 9.80 Å². The molecule has 0 bridgehead atoms. The second-order valence-corrected chi connectivity index (χ2v) is 38.1. The minimum atomic E-state index is -0.750. The molecular weight excluding hydrogens is 1270 g/mol. The second-order valence-electron chi connectivity index (χ2n) is 38.1. The monoisotopic (exact) mass is 1400 g/mol. The predicted octanol–water partition coefficient (Wildman–Crippen LogP) is 13.7. The van der Waals surface area contributed by atoms with Crippen LogP contribution in [0.2, 0.25) is 0 Å². The van der Waals surface area contributed by atoms with Crippen LogP contribution >= 0.6 is 0 Å². The van der Waals surface area contributed by atoms with E-state index in [9.17, 15) is 40.9 Å². The Labute approximate surface area is 618 Å². The van der Waals surface area contributed by atoms with Crippen molar-refractivity contribution in [3.05, 3.63) is 115 Å². The van der Waals surface area contributed by atoms with Crippen LogP contribution in [0.25, 0.3) is 0 Å². The van der Waals surface area contributed by atoms with Gasteiger partial charge in [-0.05, 0) is 110 Å². The zero-order valence-corrected chi connectivity index (χ0v) is 70.8. The van der Waals surface area contributed by atoms with Gasteiger partial charge in [0.05, 0.1) is 26.4 Å². The molecule has 0 radical (unpaired) electrons. The van der Waals surface area contributed by atoms with Crippen molar-refractivity contribution in [2.75, 3.05) is 39.5 Å². The molecule has 0 N–H and O–H groups in total. The van der Waals surface area contributed by atoms with Crippen molar-refractivity contribution >= 4 is 0 Å². The summed E-state index contributed by atoms with van der Waals surface area (Å²) in [4.78, 5) is 4.38. The van der Waals surface area contributed by atoms with Gasteiger partial charge in [0.1, 0.15) is 0 Å². The molecule has 0 aliphatic carbocycles. The van der Waals surface area contributed by atoms with Crippen LogP contribution in [0.3, 0.4) is 0 Å². The fourth-order valence-electron chi connectivity index (χ4n) is 9.29. The van der Waals surface area contributed by atoms with E-state index in [0.29, 0.717) is 65.7 Å². The molecule has 0 unspecified atom stereocenters. The summed E-state index contributed by atoms with van der Waals surface area (Å²) in [5.41, 5.74) is 5.45. The molecular formula is C82H136N2O10Ti2. The Morgan fingerprint density at radius 1 is 0.250 bits per heavy atom. The molecule has 0 spiro atoms. The van der Waals surface area contributed by atoms with Crippen LogP contribution in [-0.4, -0.2) is 71.7 Å². The summed E-state index contributed by atoms with van der Waals surface area (Å²) in [7, 11) is 0. The fraction of sp³-hybridized carbons (Fsp3) is 0.707. The number of rotatable bonds is 17. The maximum Gasteiger partial charge on any atom is 4.00 e. The number of nitrogens with zero attached hydrogens (tertiary/aromatic N) is 2. The fourth-order valence-corrected chi connectivity index (χ4v) is 9.29. The maximum atomic E-state index is 14.3. The molecule has 0 heterocycles. The molecule has 4 aromatic rings. The predicted molar refractivity (Wildman–Crippen MR) is 382 cm³/mol. The Morgan fingerprint density at radius 3 is 0.521 bits per heavy atom. The van der Waals surface area contributed by atoms with E-state index in [1.165, 1.54) is 0 Å². The summed E-state index contributed by atoms with van der Waals surface area (Å²) in [6.07, 6.45) is 0. The van der Waals surface area contributed by atoms with Gasteiger partial charge in [0.25, 0.3) is 0 Å². The van der Waals surface area contributed by atoms with E-state index in [1.54, 1.807) is 83.1 Å². The number of hydrogen-bond acceptors (Lipinski definition) is 12. The normalized spacial score (nSPS) is 13.1. The zero-order chi connectivity index (χ0) is 74.5. The average Bonchev–Trinajstić information content (AvgIpc) is 0.809. The van der Waals surface area contributed by atoms with E-state index in [0.717, 1.165) is 66.8 Å². The van der Waals surface area contributed by atoms with Crippen LogP contribution in [0.1, 0.15) is 316 Å². The minimum absolute atomic E-state index is 0. The molecule has 0 amide bonds. The Bertz CT molecular complexity index is 2540. The quantitative estimate of drug-likeness (QED) is 0.0714. The van der Waals surface area contributed by atoms with Crippen molar-refractivity contribution in [2.24, 2.45) is 0 Å². The second kappa shape index (κ2) is 37.4. The van der Waals surface area contributed by atoms with E-state index < -0.39 is 22.4 Å². The molecule has 0 saturated carbocycles. The van der Waals surface area contributed by atoms with Crippen molar-refractivity contribution < 1.29 is 93.8 Å². The summed E-state index contributed by atoms with van der Waals surface area (Å²) in [6.45, 7) is 74.7. The van der Waals surface area contributed by atoms with Crippen LogP contribution in [-0.2, 0) is 122 Å². The summed E-state index contributed by atoms with van der Waals surface area (Å²) in [5, 5.41) is 97.7. The minimum Gasteiger partial charge on any atom is -0.872 e. The molecule has 14 heteroatoms. The molecule has 96 heavy (non-hydrogen) atoms. The Hall–Kier alpha value is -2.81. The molecule has 0 fully saturated rings. The van der Waals surface area contributed by atoms with Gasteiger partial charge in [0.2, 0.25) is 0 Å². The topological polar surface area (TPSA) is 209 Å². The average molecular weight is 1410 g/mol. The smallest absolute Gasteiger partial charge is 0.872 e. The van der Waals surface area contributed by atoms with Gasteiger partial charge in [-0.2, -0.15) is 0 Å². The van der Waals surface area contributed by atoms with Gasteiger partial charge >= 0.3 is 43.4 Å². The third-order valence-electron chi connectivity index (χ3n) is 14.4. The largest absolute Gasteiger partial charge is 4.00 e. The van der Waals surface area contributed by atoms with Crippen molar-refractivity contribution in [3.8, 4) is 23.0 Å². The van der Waals surface area contributed by atoms with Gasteiger partial charge < -0.3 is 50.3 Å². The van der Waals surface area contributed by atoms with Crippen molar-refractivity contribution in [1.82, 2.24) is 9.80 Å². The van der Waals surface area contributed by atoms with Crippen LogP contribution in [0.4, 0.5) is 0 Å². The standard InChI is InChI=1S/C66H104N2O6.4C4H9O.2Ti/c1-59(2,3)47-31-43(55(69)51(35-47)63(13,14)15)39-67(40-44-32-48(60(4,5)6)36-52(56(44)70)64(16,17)18)25-27-73-29-30-74-28-26-68(41-45-33-49(61(7,8)9)37-53(57(45)71)65(19,20)21)42-46-34-50(62(10,11)12)38-54(58(46)72)66(22,23)24;4*1-4(2,3)5;;/h31-38,69-72H,25-30,39-42H2,1-24H3;4*1-3H3;;/q;4*-1;2*+4/p-4. The molecule has 542 valence electrons. The van der Waals surface area contributed by atoms with Gasteiger partial charge in [-0.25, -0.2) is 0 Å². The Kier molecular flexibility index (Phi) is 37.9.